The number of aliphatic carboxylic acids is 1. The summed E-state index contributed by atoms with van der Waals surface area (Å²) in [7, 11) is 0. The molecule has 0 saturated heterocycles. The zero-order chi connectivity index (χ0) is 15.4. The van der Waals surface area contributed by atoms with Crippen LogP contribution in [0, 0.1) is 0 Å². The summed E-state index contributed by atoms with van der Waals surface area (Å²) in [5, 5.41) is 12.1. The number of carboxylic acids is 1. The number of unbranched alkanes of at least 4 members (excludes halogenated alkanes) is 8. The van der Waals surface area contributed by atoms with Crippen LogP contribution in [0.5, 0.6) is 0 Å². The number of carboxylic acid groups (broad SMARTS) is 1. The van der Waals surface area contributed by atoms with Crippen molar-refractivity contribution in [3.05, 3.63) is 0 Å². The Labute approximate surface area is 125 Å². The van der Waals surface area contributed by atoms with Crippen LogP contribution in [0.2, 0.25) is 0 Å². The minimum Gasteiger partial charge on any atom is -0.480 e. The lowest BCUT2D eigenvalue weighted by atomic mass is 9.95. The van der Waals surface area contributed by atoms with E-state index in [9.17, 15) is 4.79 Å². The highest BCUT2D eigenvalue weighted by Gasteiger charge is 2.22. The Hall–Kier alpha value is -0.570. The fraction of sp³-hybridized carbons (Fsp3) is 0.941. The number of hydrogen-bond donors (Lipinski definition) is 2. The third-order valence-electron chi connectivity index (χ3n) is 3.88. The summed E-state index contributed by atoms with van der Waals surface area (Å²) in [5.74, 6) is -0.773. The first-order valence-corrected chi connectivity index (χ1v) is 8.39. The van der Waals surface area contributed by atoms with Gasteiger partial charge in [0.15, 0.2) is 0 Å². The molecule has 0 aromatic rings. The molecule has 0 amide bonds. The van der Waals surface area contributed by atoms with Gasteiger partial charge in [0.25, 0.3) is 0 Å². The smallest absolute Gasteiger partial charge is 0.320 e. The van der Waals surface area contributed by atoms with Gasteiger partial charge in [-0.1, -0.05) is 64.7 Å². The van der Waals surface area contributed by atoms with Gasteiger partial charge in [0.2, 0.25) is 0 Å². The summed E-state index contributed by atoms with van der Waals surface area (Å²) >= 11 is 0. The Morgan fingerprint density at radius 1 is 1.00 bits per heavy atom. The molecule has 0 saturated carbocycles. The van der Waals surface area contributed by atoms with Gasteiger partial charge in [0, 0.05) is 5.54 Å². The van der Waals surface area contributed by atoms with Gasteiger partial charge < -0.3 is 5.11 Å². The highest BCUT2D eigenvalue weighted by Crippen LogP contribution is 2.16. The summed E-state index contributed by atoms with van der Waals surface area (Å²) in [6.45, 7) is 8.15. The van der Waals surface area contributed by atoms with Crippen LogP contribution in [-0.4, -0.2) is 22.7 Å². The van der Waals surface area contributed by atoms with Crippen molar-refractivity contribution in [2.75, 3.05) is 0 Å². The topological polar surface area (TPSA) is 49.3 Å². The van der Waals surface area contributed by atoms with Gasteiger partial charge in [-0.3, -0.25) is 10.1 Å². The van der Waals surface area contributed by atoms with Gasteiger partial charge in [-0.25, -0.2) is 0 Å². The summed E-state index contributed by atoms with van der Waals surface area (Å²) < 4.78 is 0. The lowest BCUT2D eigenvalue weighted by Gasteiger charge is -2.28. The van der Waals surface area contributed by atoms with Crippen molar-refractivity contribution in [3.63, 3.8) is 0 Å². The van der Waals surface area contributed by atoms with Crippen LogP contribution in [0.25, 0.3) is 0 Å². The lowest BCUT2D eigenvalue weighted by molar-refractivity contribution is -0.139. The monoisotopic (exact) mass is 285 g/mol. The number of hydrogen-bond acceptors (Lipinski definition) is 2. The molecule has 3 heteroatoms. The molecule has 0 aliphatic heterocycles. The molecular weight excluding hydrogens is 250 g/mol. The molecule has 120 valence electrons. The second kappa shape index (κ2) is 11.1. The van der Waals surface area contributed by atoms with Crippen molar-refractivity contribution >= 4 is 5.97 Å². The molecule has 1 unspecified atom stereocenters. The Balaban J connectivity index is 3.51. The molecule has 0 aliphatic carbocycles. The van der Waals surface area contributed by atoms with E-state index < -0.39 is 12.0 Å². The number of rotatable bonds is 13. The molecule has 0 radical (unpaired) electrons. The Morgan fingerprint density at radius 3 is 1.90 bits per heavy atom. The van der Waals surface area contributed by atoms with E-state index in [2.05, 4.69) is 26.1 Å². The molecule has 3 nitrogen and oxygen atoms in total. The highest BCUT2D eigenvalue weighted by molar-refractivity contribution is 5.72. The zero-order valence-corrected chi connectivity index (χ0v) is 14.0. The second-order valence-electron chi connectivity index (χ2n) is 6.67. The lowest BCUT2D eigenvalue weighted by Crippen LogP contribution is -2.48. The highest BCUT2D eigenvalue weighted by atomic mass is 16.4. The van der Waals surface area contributed by atoms with E-state index in [-0.39, 0.29) is 5.54 Å². The first-order chi connectivity index (χ1) is 9.39. The van der Waals surface area contributed by atoms with Crippen molar-refractivity contribution < 1.29 is 9.90 Å². The van der Waals surface area contributed by atoms with Crippen LogP contribution in [0.4, 0.5) is 0 Å². The van der Waals surface area contributed by atoms with E-state index in [1.54, 1.807) is 6.92 Å². The molecular formula is C17H35NO2. The van der Waals surface area contributed by atoms with E-state index in [4.69, 9.17) is 5.11 Å². The number of nitrogens with one attached hydrogen (secondary N) is 1. The predicted octanol–water partition coefficient (Wildman–Crippen LogP) is 4.75. The third-order valence-corrected chi connectivity index (χ3v) is 3.88. The first kappa shape index (κ1) is 19.4. The number of carbonyl (C=O) groups is 1. The molecule has 0 aliphatic rings. The third kappa shape index (κ3) is 11.3. The minimum absolute atomic E-state index is 0.0844. The Kier molecular flexibility index (Phi) is 10.8. The van der Waals surface area contributed by atoms with Crippen LogP contribution < -0.4 is 5.32 Å². The molecule has 0 aromatic heterocycles. The fourth-order valence-corrected chi connectivity index (χ4v) is 2.60. The zero-order valence-electron chi connectivity index (χ0n) is 14.0. The SMILES string of the molecule is CCCCCCCCCCCC(C)(C)NC(C)C(=O)O. The molecule has 0 aromatic carbocycles. The van der Waals surface area contributed by atoms with Crippen LogP contribution in [0.3, 0.4) is 0 Å². The molecule has 20 heavy (non-hydrogen) atoms. The van der Waals surface area contributed by atoms with Gasteiger partial charge in [-0.05, 0) is 27.2 Å². The molecule has 2 N–H and O–H groups in total. The Bertz CT molecular complexity index is 251. The van der Waals surface area contributed by atoms with E-state index in [1.165, 1.54) is 57.8 Å². The molecule has 0 spiro atoms. The Morgan fingerprint density at radius 2 is 1.45 bits per heavy atom. The molecule has 0 rings (SSSR count). The quantitative estimate of drug-likeness (QED) is 0.480. The van der Waals surface area contributed by atoms with Gasteiger partial charge in [-0.15, -0.1) is 0 Å². The minimum atomic E-state index is -0.773. The van der Waals surface area contributed by atoms with Crippen LogP contribution >= 0.6 is 0 Å². The summed E-state index contributed by atoms with van der Waals surface area (Å²) in [6.07, 6.45) is 13.0. The average Bonchev–Trinajstić information content (AvgIpc) is 2.36. The summed E-state index contributed by atoms with van der Waals surface area (Å²) in [6, 6.07) is -0.469. The molecule has 1 atom stereocenters. The van der Waals surface area contributed by atoms with Crippen molar-refractivity contribution in [2.45, 2.75) is 103 Å². The van der Waals surface area contributed by atoms with Gasteiger partial charge >= 0.3 is 5.97 Å². The molecule has 0 fully saturated rings. The largest absolute Gasteiger partial charge is 0.480 e. The average molecular weight is 285 g/mol. The van der Waals surface area contributed by atoms with Gasteiger partial charge in [0.1, 0.15) is 6.04 Å². The fourth-order valence-electron chi connectivity index (χ4n) is 2.60. The summed E-state index contributed by atoms with van der Waals surface area (Å²) in [4.78, 5) is 10.8. The van der Waals surface area contributed by atoms with Crippen molar-refractivity contribution in [3.8, 4) is 0 Å². The van der Waals surface area contributed by atoms with Crippen molar-refractivity contribution in [1.82, 2.24) is 5.32 Å². The van der Waals surface area contributed by atoms with Gasteiger partial charge in [0.05, 0.1) is 0 Å². The van der Waals surface area contributed by atoms with Crippen molar-refractivity contribution in [1.29, 1.82) is 0 Å². The van der Waals surface area contributed by atoms with Crippen molar-refractivity contribution in [2.24, 2.45) is 0 Å². The predicted molar refractivity (Wildman–Crippen MR) is 86.2 cm³/mol. The maximum Gasteiger partial charge on any atom is 0.320 e. The van der Waals surface area contributed by atoms with Gasteiger partial charge in [-0.2, -0.15) is 0 Å². The maximum atomic E-state index is 10.8. The maximum absolute atomic E-state index is 10.8. The van der Waals surface area contributed by atoms with Crippen LogP contribution in [-0.2, 0) is 4.79 Å². The van der Waals surface area contributed by atoms with E-state index in [0.29, 0.717) is 0 Å². The normalized spacial score (nSPS) is 13.4. The van der Waals surface area contributed by atoms with E-state index in [1.807, 2.05) is 0 Å². The van der Waals surface area contributed by atoms with E-state index in [0.717, 1.165) is 6.42 Å². The second-order valence-corrected chi connectivity index (χ2v) is 6.67. The standard InChI is InChI=1S/C17H35NO2/c1-5-6-7-8-9-10-11-12-13-14-17(3,4)18-15(2)16(19)20/h15,18H,5-14H2,1-4H3,(H,19,20). The van der Waals surface area contributed by atoms with E-state index >= 15 is 0 Å². The first-order valence-electron chi connectivity index (χ1n) is 8.39. The summed E-state index contributed by atoms with van der Waals surface area (Å²) in [5.41, 5.74) is -0.0844. The van der Waals surface area contributed by atoms with Crippen LogP contribution in [0.15, 0.2) is 0 Å². The van der Waals surface area contributed by atoms with Crippen LogP contribution in [0.1, 0.15) is 91.9 Å². The molecule has 0 bridgehead atoms. The molecule has 0 heterocycles.